The van der Waals surface area contributed by atoms with Gasteiger partial charge in [-0.05, 0) is 59.5 Å². The number of benzene rings is 3. The lowest BCUT2D eigenvalue weighted by Crippen LogP contribution is -2.33. The zero-order valence-corrected chi connectivity index (χ0v) is 20.7. The topological polar surface area (TPSA) is 114 Å². The first-order valence-corrected chi connectivity index (χ1v) is 12.3. The van der Waals surface area contributed by atoms with Crippen LogP contribution in [0.4, 0.5) is 14.5 Å². The molecule has 1 aliphatic heterocycles. The van der Waals surface area contributed by atoms with Crippen LogP contribution in [0.2, 0.25) is 0 Å². The second kappa shape index (κ2) is 10.8. The van der Waals surface area contributed by atoms with Crippen molar-refractivity contribution < 1.29 is 23.2 Å². The third-order valence-electron chi connectivity index (χ3n) is 6.62. The summed E-state index contributed by atoms with van der Waals surface area (Å²) < 4.78 is 28.1. The van der Waals surface area contributed by atoms with E-state index in [0.29, 0.717) is 33.6 Å². The van der Waals surface area contributed by atoms with Gasteiger partial charge in [-0.15, -0.1) is 0 Å². The average Bonchev–Trinajstić information content (AvgIpc) is 3.22. The number of primary amides is 1. The Balaban J connectivity index is 1.50. The first-order chi connectivity index (χ1) is 18.8. The van der Waals surface area contributed by atoms with Crippen LogP contribution in [0.25, 0.3) is 11.1 Å². The molecule has 0 aliphatic carbocycles. The minimum absolute atomic E-state index is 0.0212. The van der Waals surface area contributed by atoms with Crippen LogP contribution in [0.5, 0.6) is 0 Å². The van der Waals surface area contributed by atoms with Crippen molar-refractivity contribution in [1.29, 1.82) is 0 Å². The number of nitrogens with two attached hydrogens (primary N) is 1. The molecule has 0 saturated heterocycles. The maximum absolute atomic E-state index is 14.0. The van der Waals surface area contributed by atoms with Gasteiger partial charge in [-0.1, -0.05) is 36.4 Å². The largest absolute Gasteiger partial charge is 0.366 e. The number of pyridine rings is 1. The molecule has 2 heterocycles. The number of fused-ring (bicyclic) bond motifs is 1. The standard InChI is InChI=1S/C30H24F2N4O3/c31-20-11-17(12-21(32)15-20)13-26(35-27(37)16-24-23-7-1-2-9-25(23)36-30(24)39)28-22(8-4-10-34-28)18-5-3-6-19(14-18)29(33)38/h1-12,14-15,24,26H,13,16H2,(H2,33,38)(H,35,37)(H,36,39)/t24-,26?/m0/s1. The van der Waals surface area contributed by atoms with Crippen molar-refractivity contribution in [1.82, 2.24) is 10.3 Å². The minimum Gasteiger partial charge on any atom is -0.366 e. The van der Waals surface area contributed by atoms with E-state index in [1.54, 1.807) is 66.9 Å². The zero-order chi connectivity index (χ0) is 27.5. The summed E-state index contributed by atoms with van der Waals surface area (Å²) in [7, 11) is 0. The van der Waals surface area contributed by atoms with E-state index >= 15 is 0 Å². The maximum Gasteiger partial charge on any atom is 0.248 e. The van der Waals surface area contributed by atoms with Crippen LogP contribution in [-0.2, 0) is 16.0 Å². The number of hydrogen-bond donors (Lipinski definition) is 3. The number of aromatic nitrogens is 1. The summed E-state index contributed by atoms with van der Waals surface area (Å²) in [5.74, 6) is -3.48. The molecule has 1 aliphatic rings. The number of rotatable bonds is 8. The number of halogens is 2. The van der Waals surface area contributed by atoms with E-state index < -0.39 is 35.4 Å². The lowest BCUT2D eigenvalue weighted by molar-refractivity contribution is -0.125. The summed E-state index contributed by atoms with van der Waals surface area (Å²) in [6.45, 7) is 0. The molecule has 5 rings (SSSR count). The monoisotopic (exact) mass is 526 g/mol. The molecule has 0 saturated carbocycles. The van der Waals surface area contributed by atoms with Gasteiger partial charge in [0.15, 0.2) is 0 Å². The summed E-state index contributed by atoms with van der Waals surface area (Å²) in [6.07, 6.45) is 1.44. The van der Waals surface area contributed by atoms with Gasteiger partial charge in [0.1, 0.15) is 11.6 Å². The van der Waals surface area contributed by atoms with E-state index in [2.05, 4.69) is 15.6 Å². The third kappa shape index (κ3) is 5.67. The Kier molecular flexibility index (Phi) is 7.14. The predicted molar refractivity (Wildman–Crippen MR) is 142 cm³/mol. The number of nitrogens with zero attached hydrogens (tertiary/aromatic N) is 1. The molecule has 196 valence electrons. The van der Waals surface area contributed by atoms with E-state index in [0.717, 1.165) is 11.6 Å². The summed E-state index contributed by atoms with van der Waals surface area (Å²) in [6, 6.07) is 19.6. The number of carbonyl (C=O) groups is 3. The summed E-state index contributed by atoms with van der Waals surface area (Å²) in [5, 5.41) is 5.71. The van der Waals surface area contributed by atoms with Crippen molar-refractivity contribution in [2.24, 2.45) is 5.73 Å². The highest BCUT2D eigenvalue weighted by molar-refractivity contribution is 6.05. The van der Waals surface area contributed by atoms with Crippen LogP contribution in [-0.4, -0.2) is 22.7 Å². The van der Waals surface area contributed by atoms with Crippen molar-refractivity contribution in [2.75, 3.05) is 5.32 Å². The lowest BCUT2D eigenvalue weighted by Gasteiger charge is -2.22. The van der Waals surface area contributed by atoms with Gasteiger partial charge >= 0.3 is 0 Å². The van der Waals surface area contributed by atoms with Crippen molar-refractivity contribution in [2.45, 2.75) is 24.8 Å². The molecule has 9 heteroatoms. The predicted octanol–water partition coefficient (Wildman–Crippen LogP) is 4.65. The maximum atomic E-state index is 14.0. The van der Waals surface area contributed by atoms with Crippen molar-refractivity contribution >= 4 is 23.4 Å². The lowest BCUT2D eigenvalue weighted by atomic mass is 9.93. The number of amides is 3. The molecule has 1 aromatic heterocycles. The fourth-order valence-corrected chi connectivity index (χ4v) is 4.88. The molecule has 0 radical (unpaired) electrons. The normalized spacial score (nSPS) is 14.8. The van der Waals surface area contributed by atoms with E-state index in [9.17, 15) is 23.2 Å². The smallest absolute Gasteiger partial charge is 0.248 e. The fraction of sp³-hybridized carbons (Fsp3) is 0.133. The van der Waals surface area contributed by atoms with Crippen LogP contribution in [0, 0.1) is 11.6 Å². The van der Waals surface area contributed by atoms with Crippen molar-refractivity contribution in [3.05, 3.63) is 119 Å². The second-order valence-corrected chi connectivity index (χ2v) is 9.32. The van der Waals surface area contributed by atoms with E-state index in [4.69, 9.17) is 5.73 Å². The van der Waals surface area contributed by atoms with Gasteiger partial charge in [0, 0.05) is 35.5 Å². The number of carbonyl (C=O) groups excluding carboxylic acids is 3. The molecule has 0 fully saturated rings. The number of nitrogens with one attached hydrogen (secondary N) is 2. The molecule has 3 aromatic carbocycles. The molecule has 39 heavy (non-hydrogen) atoms. The highest BCUT2D eigenvalue weighted by Gasteiger charge is 2.33. The Bertz CT molecular complexity index is 1570. The van der Waals surface area contributed by atoms with Crippen LogP contribution < -0.4 is 16.4 Å². The molecule has 7 nitrogen and oxygen atoms in total. The van der Waals surface area contributed by atoms with E-state index in [1.165, 1.54) is 12.1 Å². The van der Waals surface area contributed by atoms with Crippen LogP contribution in [0.15, 0.2) is 85.1 Å². The molecule has 4 aromatic rings. The molecule has 0 bridgehead atoms. The van der Waals surface area contributed by atoms with Gasteiger partial charge in [0.2, 0.25) is 17.7 Å². The molecule has 0 spiro atoms. The molecular weight excluding hydrogens is 502 g/mol. The van der Waals surface area contributed by atoms with Crippen molar-refractivity contribution in [3.8, 4) is 11.1 Å². The SMILES string of the molecule is NC(=O)c1cccc(-c2cccnc2C(Cc2cc(F)cc(F)c2)NC(=O)C[C@@H]2C(=O)Nc3ccccc32)c1. The molecular formula is C30H24F2N4O3. The molecule has 3 amide bonds. The Morgan fingerprint density at radius 2 is 1.74 bits per heavy atom. The Morgan fingerprint density at radius 3 is 2.51 bits per heavy atom. The first-order valence-electron chi connectivity index (χ1n) is 12.3. The summed E-state index contributed by atoms with van der Waals surface area (Å²) in [5.41, 5.74) is 9.11. The zero-order valence-electron chi connectivity index (χ0n) is 20.7. The molecule has 4 N–H and O–H groups in total. The highest BCUT2D eigenvalue weighted by Crippen LogP contribution is 2.35. The number of para-hydroxylation sites is 1. The molecule has 2 atom stereocenters. The first kappa shape index (κ1) is 25.7. The highest BCUT2D eigenvalue weighted by atomic mass is 19.1. The molecule has 1 unspecified atom stereocenters. The van der Waals surface area contributed by atoms with Gasteiger partial charge in [-0.25, -0.2) is 8.78 Å². The number of anilines is 1. The van der Waals surface area contributed by atoms with E-state index in [1.807, 2.05) is 0 Å². The van der Waals surface area contributed by atoms with Crippen molar-refractivity contribution in [3.63, 3.8) is 0 Å². The van der Waals surface area contributed by atoms with Crippen LogP contribution in [0.1, 0.15) is 45.6 Å². The van der Waals surface area contributed by atoms with Crippen LogP contribution in [0.3, 0.4) is 0 Å². The second-order valence-electron chi connectivity index (χ2n) is 9.32. The van der Waals surface area contributed by atoms with Gasteiger partial charge < -0.3 is 16.4 Å². The van der Waals surface area contributed by atoms with Gasteiger partial charge in [0.25, 0.3) is 0 Å². The van der Waals surface area contributed by atoms with E-state index in [-0.39, 0.29) is 18.7 Å². The van der Waals surface area contributed by atoms with Crippen LogP contribution >= 0.6 is 0 Å². The Hall–Kier alpha value is -4.92. The number of hydrogen-bond acceptors (Lipinski definition) is 4. The quantitative estimate of drug-likeness (QED) is 0.310. The van der Waals surface area contributed by atoms with Gasteiger partial charge in [-0.3, -0.25) is 19.4 Å². The van der Waals surface area contributed by atoms with Gasteiger partial charge in [0.05, 0.1) is 17.7 Å². The Morgan fingerprint density at radius 1 is 0.974 bits per heavy atom. The minimum atomic E-state index is -0.813. The summed E-state index contributed by atoms with van der Waals surface area (Å²) in [4.78, 5) is 42.2. The summed E-state index contributed by atoms with van der Waals surface area (Å²) >= 11 is 0. The third-order valence-corrected chi connectivity index (χ3v) is 6.62. The van der Waals surface area contributed by atoms with Gasteiger partial charge in [-0.2, -0.15) is 0 Å². The Labute approximate surface area is 223 Å². The average molecular weight is 527 g/mol. The fourth-order valence-electron chi connectivity index (χ4n) is 4.88.